The predicted molar refractivity (Wildman–Crippen MR) is 81.6 cm³/mol. The summed E-state index contributed by atoms with van der Waals surface area (Å²) in [5.74, 6) is 0.766. The summed E-state index contributed by atoms with van der Waals surface area (Å²) in [6.07, 6.45) is 1.09. The van der Waals surface area contributed by atoms with Crippen molar-refractivity contribution >= 4 is 39.7 Å². The second-order valence-electron chi connectivity index (χ2n) is 4.06. The molecule has 17 heavy (non-hydrogen) atoms. The molecule has 3 nitrogen and oxygen atoms in total. The molecule has 0 bridgehead atoms. The summed E-state index contributed by atoms with van der Waals surface area (Å²) in [7, 11) is 0. The number of rotatable bonds is 3. The number of hydrogen-bond acceptors (Lipinski definition) is 3. The van der Waals surface area contributed by atoms with Gasteiger partial charge in [-0.15, -0.1) is 11.3 Å². The Morgan fingerprint density at radius 1 is 1.53 bits per heavy atom. The average Bonchev–Trinajstić information content (AvgIpc) is 2.89. The van der Waals surface area contributed by atoms with Crippen molar-refractivity contribution in [2.75, 3.05) is 5.73 Å². The minimum absolute atomic E-state index is 0.211. The van der Waals surface area contributed by atoms with Gasteiger partial charge >= 0.3 is 0 Å². The van der Waals surface area contributed by atoms with Crippen LogP contribution in [0.4, 0.5) is 5.82 Å². The van der Waals surface area contributed by atoms with Crippen LogP contribution in [-0.4, -0.2) is 9.78 Å². The van der Waals surface area contributed by atoms with Gasteiger partial charge in [-0.25, -0.2) is 4.68 Å². The Hall–Kier alpha value is -0.560. The van der Waals surface area contributed by atoms with Crippen molar-refractivity contribution in [3.8, 4) is 0 Å². The van der Waals surface area contributed by atoms with Gasteiger partial charge in [0.1, 0.15) is 5.82 Å². The van der Waals surface area contributed by atoms with E-state index >= 15 is 0 Å². The van der Waals surface area contributed by atoms with Crippen molar-refractivity contribution in [1.82, 2.24) is 9.78 Å². The molecule has 0 fully saturated rings. The van der Waals surface area contributed by atoms with Crippen LogP contribution in [0.25, 0.3) is 0 Å². The van der Waals surface area contributed by atoms with Crippen LogP contribution in [0.5, 0.6) is 0 Å². The molecule has 0 radical (unpaired) electrons. The first-order valence-corrected chi connectivity index (χ1v) is 7.52. The van der Waals surface area contributed by atoms with Crippen LogP contribution < -0.4 is 5.73 Å². The second kappa shape index (κ2) is 4.97. The lowest BCUT2D eigenvalue weighted by Gasteiger charge is -2.12. The Balaban J connectivity index is 2.36. The van der Waals surface area contributed by atoms with E-state index in [-0.39, 0.29) is 6.04 Å². The third kappa shape index (κ3) is 2.35. The van der Waals surface area contributed by atoms with Crippen LogP contribution in [0.2, 0.25) is 0 Å². The number of nitrogens with two attached hydrogens (primary N) is 1. The van der Waals surface area contributed by atoms with Crippen molar-refractivity contribution in [2.24, 2.45) is 0 Å². The molecule has 0 saturated heterocycles. The van der Waals surface area contributed by atoms with Gasteiger partial charge in [0, 0.05) is 9.75 Å². The lowest BCUT2D eigenvalue weighted by Crippen LogP contribution is -2.10. The molecular formula is C12H16IN3S. The zero-order valence-corrected chi connectivity index (χ0v) is 13.2. The van der Waals surface area contributed by atoms with Crippen molar-refractivity contribution < 1.29 is 0 Å². The maximum absolute atomic E-state index is 6.08. The fraction of sp³-hybridized carbons (Fsp3) is 0.417. The lowest BCUT2D eigenvalue weighted by atomic mass is 10.2. The van der Waals surface area contributed by atoms with Crippen LogP contribution >= 0.6 is 33.9 Å². The van der Waals surface area contributed by atoms with Crippen molar-refractivity contribution in [3.63, 3.8) is 0 Å². The van der Waals surface area contributed by atoms with E-state index in [4.69, 9.17) is 5.73 Å². The summed E-state index contributed by atoms with van der Waals surface area (Å²) in [5, 5.41) is 4.51. The highest BCUT2D eigenvalue weighted by Gasteiger charge is 2.17. The smallest absolute Gasteiger partial charge is 0.136 e. The summed E-state index contributed by atoms with van der Waals surface area (Å²) in [4.78, 5) is 2.72. The van der Waals surface area contributed by atoms with Crippen molar-refractivity contribution in [2.45, 2.75) is 33.2 Å². The van der Waals surface area contributed by atoms with Gasteiger partial charge in [0.05, 0.1) is 15.3 Å². The molecule has 5 heteroatoms. The third-order valence-corrected chi connectivity index (χ3v) is 5.59. The molecule has 2 N–H and O–H groups in total. The van der Waals surface area contributed by atoms with Gasteiger partial charge < -0.3 is 5.73 Å². The average molecular weight is 361 g/mol. The molecular weight excluding hydrogens is 345 g/mol. The maximum Gasteiger partial charge on any atom is 0.136 e. The van der Waals surface area contributed by atoms with E-state index in [2.05, 4.69) is 53.7 Å². The summed E-state index contributed by atoms with van der Waals surface area (Å²) in [6, 6.07) is 4.58. The number of halogens is 1. The van der Waals surface area contributed by atoms with E-state index in [9.17, 15) is 0 Å². The quantitative estimate of drug-likeness (QED) is 0.849. The number of anilines is 1. The highest BCUT2D eigenvalue weighted by atomic mass is 127. The largest absolute Gasteiger partial charge is 0.383 e. The zero-order valence-electron chi connectivity index (χ0n) is 10.2. The molecule has 0 aliphatic rings. The lowest BCUT2D eigenvalue weighted by molar-refractivity contribution is 0.577. The molecule has 0 aliphatic heterocycles. The number of nitrogen functional groups attached to an aromatic ring is 1. The molecule has 92 valence electrons. The van der Waals surface area contributed by atoms with Gasteiger partial charge in [-0.05, 0) is 55.0 Å². The van der Waals surface area contributed by atoms with Gasteiger partial charge in [-0.1, -0.05) is 6.92 Å². The highest BCUT2D eigenvalue weighted by Crippen LogP contribution is 2.30. The third-order valence-electron chi connectivity index (χ3n) is 2.86. The highest BCUT2D eigenvalue weighted by molar-refractivity contribution is 14.1. The van der Waals surface area contributed by atoms with E-state index < -0.39 is 0 Å². The molecule has 2 heterocycles. The molecule has 1 atom stereocenters. The van der Waals surface area contributed by atoms with Gasteiger partial charge in [0.25, 0.3) is 0 Å². The number of thiophene rings is 1. The fourth-order valence-corrected chi connectivity index (χ4v) is 3.11. The summed E-state index contributed by atoms with van der Waals surface area (Å²) in [5.41, 5.74) is 7.08. The minimum atomic E-state index is 0.211. The molecule has 2 aromatic rings. The molecule has 0 saturated carbocycles. The Kier molecular flexibility index (Phi) is 3.77. The van der Waals surface area contributed by atoms with Gasteiger partial charge in [0.15, 0.2) is 0 Å². The van der Waals surface area contributed by atoms with Gasteiger partial charge in [-0.2, -0.15) is 5.10 Å². The Morgan fingerprint density at radius 3 is 2.71 bits per heavy atom. The van der Waals surface area contributed by atoms with E-state index in [1.54, 1.807) is 0 Å². The maximum atomic E-state index is 6.08. The molecule has 0 aromatic carbocycles. The molecule has 0 aliphatic carbocycles. The Morgan fingerprint density at radius 2 is 2.24 bits per heavy atom. The number of nitrogens with zero attached hydrogens (tertiary/aromatic N) is 2. The fourth-order valence-electron chi connectivity index (χ4n) is 1.77. The van der Waals surface area contributed by atoms with E-state index in [0.717, 1.165) is 21.5 Å². The molecule has 0 amide bonds. The van der Waals surface area contributed by atoms with E-state index in [0.29, 0.717) is 0 Å². The number of aryl methyl sites for hydroxylation is 2. The van der Waals surface area contributed by atoms with Crippen LogP contribution in [0.3, 0.4) is 0 Å². The van der Waals surface area contributed by atoms with Crippen molar-refractivity contribution in [3.05, 3.63) is 31.2 Å². The van der Waals surface area contributed by atoms with Crippen LogP contribution in [0.1, 0.15) is 35.3 Å². The van der Waals surface area contributed by atoms with Gasteiger partial charge in [0.2, 0.25) is 0 Å². The minimum Gasteiger partial charge on any atom is -0.383 e. The van der Waals surface area contributed by atoms with Crippen LogP contribution in [0.15, 0.2) is 12.1 Å². The predicted octanol–water partition coefficient (Wildman–Crippen LogP) is 3.61. The first-order chi connectivity index (χ1) is 8.04. The van der Waals surface area contributed by atoms with Crippen LogP contribution in [-0.2, 0) is 6.42 Å². The molecule has 2 aromatic heterocycles. The monoisotopic (exact) mass is 361 g/mol. The SMILES string of the molecule is CCc1ccc(C(C)n2nc(C)c(I)c2N)s1. The molecule has 1 unspecified atom stereocenters. The number of hydrogen-bond donors (Lipinski definition) is 1. The van der Waals surface area contributed by atoms with E-state index in [1.807, 2.05) is 22.9 Å². The topological polar surface area (TPSA) is 43.8 Å². The Bertz CT molecular complexity index is 530. The first kappa shape index (κ1) is 12.9. The zero-order chi connectivity index (χ0) is 12.6. The molecule has 0 spiro atoms. The first-order valence-electron chi connectivity index (χ1n) is 5.63. The van der Waals surface area contributed by atoms with Crippen LogP contribution in [0, 0.1) is 10.5 Å². The van der Waals surface area contributed by atoms with E-state index in [1.165, 1.54) is 9.75 Å². The van der Waals surface area contributed by atoms with Gasteiger partial charge in [-0.3, -0.25) is 0 Å². The number of aromatic nitrogens is 2. The molecule has 2 rings (SSSR count). The summed E-state index contributed by atoms with van der Waals surface area (Å²) < 4.78 is 2.98. The summed E-state index contributed by atoms with van der Waals surface area (Å²) in [6.45, 7) is 6.31. The van der Waals surface area contributed by atoms with Crippen molar-refractivity contribution in [1.29, 1.82) is 0 Å². The Labute approximate surface area is 119 Å². The second-order valence-corrected chi connectivity index (χ2v) is 6.34. The summed E-state index contributed by atoms with van der Waals surface area (Å²) >= 11 is 4.09. The normalized spacial score (nSPS) is 12.9. The standard InChI is InChI=1S/C12H16IN3S/c1-4-9-5-6-10(17-9)8(3)16-12(14)11(13)7(2)15-16/h5-6,8H,4,14H2,1-3H3.